The highest BCUT2D eigenvalue weighted by Gasteiger charge is 2.37. The first kappa shape index (κ1) is 23.4. The Balaban J connectivity index is 1.45. The number of aromatic nitrogens is 2. The summed E-state index contributed by atoms with van der Waals surface area (Å²) in [7, 11) is 0. The van der Waals surface area contributed by atoms with Gasteiger partial charge in [0.05, 0.1) is 12.1 Å². The van der Waals surface area contributed by atoms with Gasteiger partial charge in [0.1, 0.15) is 29.8 Å². The zero-order valence-corrected chi connectivity index (χ0v) is 18.8. The van der Waals surface area contributed by atoms with E-state index in [-0.39, 0.29) is 30.8 Å². The second kappa shape index (κ2) is 10.4. The second-order valence-corrected chi connectivity index (χ2v) is 7.88. The lowest BCUT2D eigenvalue weighted by molar-refractivity contribution is -0.155. The lowest BCUT2D eigenvalue weighted by atomic mass is 10.1. The van der Waals surface area contributed by atoms with Gasteiger partial charge in [-0.25, -0.2) is 14.4 Å². The molecule has 34 heavy (non-hydrogen) atoms. The van der Waals surface area contributed by atoms with E-state index in [0.29, 0.717) is 37.6 Å². The van der Waals surface area contributed by atoms with Gasteiger partial charge in [-0.1, -0.05) is 12.1 Å². The van der Waals surface area contributed by atoms with E-state index in [9.17, 15) is 14.0 Å². The molecule has 0 saturated carbocycles. The molecular formula is C24H26FN5O4. The van der Waals surface area contributed by atoms with E-state index in [1.54, 1.807) is 11.0 Å². The fourth-order valence-electron chi connectivity index (χ4n) is 3.91. The molecule has 1 aliphatic heterocycles. The Labute approximate surface area is 196 Å². The summed E-state index contributed by atoms with van der Waals surface area (Å²) in [5.41, 5.74) is 7.49. The van der Waals surface area contributed by atoms with Crippen molar-refractivity contribution in [1.82, 2.24) is 19.8 Å². The minimum atomic E-state index is -0.768. The van der Waals surface area contributed by atoms with Crippen molar-refractivity contribution in [2.45, 2.75) is 19.5 Å². The molecule has 2 aromatic carbocycles. The summed E-state index contributed by atoms with van der Waals surface area (Å²) in [4.78, 5) is 37.6. The molecule has 4 rings (SSSR count). The summed E-state index contributed by atoms with van der Waals surface area (Å²) < 4.78 is 24.3. The maximum atomic E-state index is 13.4. The standard InChI is InChI=1S/C24H26FN5O4/c1-2-33-13-21-24(32)29(12-16-6-7-19-20(10-16)27-15-28-23(19)26)8-9-30(21)22(31)14-34-18-5-3-4-17(25)11-18/h3-7,10-11,15,21H,2,8-9,12-14H2,1H3,(H2,26,27,28)/t21-/m1/s1. The van der Waals surface area contributed by atoms with Gasteiger partial charge < -0.3 is 25.0 Å². The molecule has 0 radical (unpaired) electrons. The van der Waals surface area contributed by atoms with E-state index in [1.807, 2.05) is 25.1 Å². The number of carbonyl (C=O) groups excluding carboxylic acids is 2. The summed E-state index contributed by atoms with van der Waals surface area (Å²) in [6.07, 6.45) is 1.40. The minimum absolute atomic E-state index is 0.0824. The average molecular weight is 468 g/mol. The Kier molecular flexibility index (Phi) is 7.17. The Morgan fingerprint density at radius 2 is 2.06 bits per heavy atom. The zero-order valence-electron chi connectivity index (χ0n) is 18.8. The topological polar surface area (TPSA) is 111 Å². The van der Waals surface area contributed by atoms with Crippen LogP contribution in [0.15, 0.2) is 48.8 Å². The van der Waals surface area contributed by atoms with Crippen LogP contribution in [0.1, 0.15) is 12.5 Å². The summed E-state index contributed by atoms with van der Waals surface area (Å²) >= 11 is 0. The van der Waals surface area contributed by atoms with Gasteiger partial charge in [-0.15, -0.1) is 0 Å². The molecule has 1 fully saturated rings. The van der Waals surface area contributed by atoms with Crippen LogP contribution in [-0.4, -0.2) is 70.5 Å². The van der Waals surface area contributed by atoms with Gasteiger partial charge in [0.25, 0.3) is 5.91 Å². The number of halogens is 1. The van der Waals surface area contributed by atoms with E-state index < -0.39 is 11.9 Å². The van der Waals surface area contributed by atoms with Crippen molar-refractivity contribution in [3.63, 3.8) is 0 Å². The molecule has 9 nitrogen and oxygen atoms in total. The number of nitrogens with zero attached hydrogens (tertiary/aromatic N) is 4. The van der Waals surface area contributed by atoms with Crippen molar-refractivity contribution in [2.75, 3.05) is 38.6 Å². The predicted octanol–water partition coefficient (Wildman–Crippen LogP) is 2.01. The van der Waals surface area contributed by atoms with E-state index in [0.717, 1.165) is 10.9 Å². The van der Waals surface area contributed by atoms with Crippen LogP contribution in [-0.2, 0) is 20.9 Å². The van der Waals surface area contributed by atoms with Crippen LogP contribution < -0.4 is 10.5 Å². The summed E-state index contributed by atoms with van der Waals surface area (Å²) in [6, 6.07) is 10.4. The molecule has 2 heterocycles. The smallest absolute Gasteiger partial charge is 0.261 e. The highest BCUT2D eigenvalue weighted by Crippen LogP contribution is 2.21. The average Bonchev–Trinajstić information content (AvgIpc) is 2.83. The number of amides is 2. The molecule has 3 aromatic rings. The van der Waals surface area contributed by atoms with E-state index >= 15 is 0 Å². The maximum Gasteiger partial charge on any atom is 0.261 e. The molecule has 1 atom stereocenters. The normalized spacial score (nSPS) is 16.2. The Bertz CT molecular complexity index is 1190. The molecule has 178 valence electrons. The third-order valence-corrected chi connectivity index (χ3v) is 5.65. The SMILES string of the molecule is CCOC[C@@H]1C(=O)N(Cc2ccc3c(N)ncnc3c2)CCN1C(=O)COc1cccc(F)c1. The fourth-order valence-corrected chi connectivity index (χ4v) is 3.91. The van der Waals surface area contributed by atoms with Crippen molar-refractivity contribution in [3.05, 3.63) is 60.2 Å². The number of carbonyl (C=O) groups is 2. The molecule has 1 aromatic heterocycles. The number of nitrogen functional groups attached to an aromatic ring is 1. The molecule has 2 amide bonds. The predicted molar refractivity (Wildman–Crippen MR) is 123 cm³/mol. The number of hydrogen-bond donors (Lipinski definition) is 1. The molecule has 0 spiro atoms. The Morgan fingerprint density at radius 1 is 1.21 bits per heavy atom. The highest BCUT2D eigenvalue weighted by atomic mass is 19.1. The monoisotopic (exact) mass is 467 g/mol. The second-order valence-electron chi connectivity index (χ2n) is 7.88. The number of piperazine rings is 1. The van der Waals surface area contributed by atoms with Gasteiger partial charge in [-0.2, -0.15) is 0 Å². The molecule has 0 bridgehead atoms. The molecule has 0 aliphatic carbocycles. The number of hydrogen-bond acceptors (Lipinski definition) is 7. The first-order valence-electron chi connectivity index (χ1n) is 11.0. The first-order valence-corrected chi connectivity index (χ1v) is 11.0. The van der Waals surface area contributed by atoms with E-state index in [1.165, 1.54) is 29.4 Å². The fraction of sp³-hybridized carbons (Fsp3) is 0.333. The van der Waals surface area contributed by atoms with Gasteiger partial charge in [0.2, 0.25) is 5.91 Å². The maximum absolute atomic E-state index is 13.4. The van der Waals surface area contributed by atoms with Gasteiger partial charge >= 0.3 is 0 Å². The summed E-state index contributed by atoms with van der Waals surface area (Å²) in [5, 5.41) is 0.750. The van der Waals surface area contributed by atoms with Crippen LogP contribution in [0, 0.1) is 5.82 Å². The summed E-state index contributed by atoms with van der Waals surface area (Å²) in [6.45, 7) is 3.08. The molecule has 10 heteroatoms. The zero-order chi connectivity index (χ0) is 24.1. The van der Waals surface area contributed by atoms with Gasteiger partial charge in [0.15, 0.2) is 6.61 Å². The van der Waals surface area contributed by atoms with Gasteiger partial charge in [0, 0.05) is 37.7 Å². The van der Waals surface area contributed by atoms with Crippen LogP contribution in [0.5, 0.6) is 5.75 Å². The van der Waals surface area contributed by atoms with Crippen molar-refractivity contribution in [2.24, 2.45) is 0 Å². The number of anilines is 1. The van der Waals surface area contributed by atoms with Crippen LogP contribution in [0.2, 0.25) is 0 Å². The number of ether oxygens (including phenoxy) is 2. The van der Waals surface area contributed by atoms with Crippen LogP contribution in [0.3, 0.4) is 0 Å². The molecule has 0 unspecified atom stereocenters. The Hall–Kier alpha value is -3.79. The third kappa shape index (κ3) is 5.23. The summed E-state index contributed by atoms with van der Waals surface area (Å²) in [5.74, 6) is -0.371. The van der Waals surface area contributed by atoms with Crippen molar-refractivity contribution >= 4 is 28.5 Å². The van der Waals surface area contributed by atoms with Crippen LogP contribution >= 0.6 is 0 Å². The minimum Gasteiger partial charge on any atom is -0.484 e. The molecule has 2 N–H and O–H groups in total. The lowest BCUT2D eigenvalue weighted by Gasteiger charge is -2.40. The number of fused-ring (bicyclic) bond motifs is 1. The quantitative estimate of drug-likeness (QED) is 0.539. The number of benzene rings is 2. The van der Waals surface area contributed by atoms with Crippen LogP contribution in [0.25, 0.3) is 10.9 Å². The Morgan fingerprint density at radius 3 is 2.85 bits per heavy atom. The van der Waals surface area contributed by atoms with Crippen molar-refractivity contribution in [3.8, 4) is 5.75 Å². The third-order valence-electron chi connectivity index (χ3n) is 5.65. The molecule has 1 saturated heterocycles. The van der Waals surface area contributed by atoms with Crippen LogP contribution in [0.4, 0.5) is 10.2 Å². The van der Waals surface area contributed by atoms with Gasteiger partial charge in [-0.05, 0) is 36.8 Å². The number of nitrogens with two attached hydrogens (primary N) is 1. The van der Waals surface area contributed by atoms with E-state index in [2.05, 4.69) is 9.97 Å². The van der Waals surface area contributed by atoms with E-state index in [4.69, 9.17) is 15.2 Å². The largest absolute Gasteiger partial charge is 0.484 e. The lowest BCUT2D eigenvalue weighted by Crippen LogP contribution is -2.60. The van der Waals surface area contributed by atoms with Crippen molar-refractivity contribution in [1.29, 1.82) is 0 Å². The van der Waals surface area contributed by atoms with Gasteiger partial charge in [-0.3, -0.25) is 9.59 Å². The molecule has 1 aliphatic rings. The first-order chi connectivity index (χ1) is 16.5. The number of rotatable bonds is 8. The van der Waals surface area contributed by atoms with Crippen molar-refractivity contribution < 1.29 is 23.5 Å². The molecular weight excluding hydrogens is 441 g/mol. The highest BCUT2D eigenvalue weighted by molar-refractivity contribution is 5.90.